The van der Waals surface area contributed by atoms with Crippen LogP contribution in [0.4, 0.5) is 4.39 Å². The van der Waals surface area contributed by atoms with Crippen LogP contribution in [0.15, 0.2) is 64.4 Å². The van der Waals surface area contributed by atoms with Gasteiger partial charge in [-0.15, -0.1) is 0 Å². The van der Waals surface area contributed by atoms with Gasteiger partial charge in [0.15, 0.2) is 9.79 Å². The highest BCUT2D eigenvalue weighted by Crippen LogP contribution is 2.20. The van der Waals surface area contributed by atoms with Crippen molar-refractivity contribution in [3.63, 3.8) is 0 Å². The molecule has 0 aliphatic heterocycles. The van der Waals surface area contributed by atoms with Crippen molar-refractivity contribution in [3.05, 3.63) is 60.4 Å². The van der Waals surface area contributed by atoms with Crippen LogP contribution in [-0.2, 0) is 11.2 Å². The van der Waals surface area contributed by atoms with Crippen LogP contribution >= 0.6 is 0 Å². The van der Waals surface area contributed by atoms with Gasteiger partial charge in [-0.3, -0.25) is 0 Å². The van der Waals surface area contributed by atoms with Crippen LogP contribution in [0.3, 0.4) is 0 Å². The van der Waals surface area contributed by atoms with Crippen molar-refractivity contribution >= 4 is 11.2 Å². The fourth-order valence-corrected chi connectivity index (χ4v) is 2.30. The Bertz CT molecular complexity index is 427. The first-order valence-corrected chi connectivity index (χ1v) is 5.65. The molecule has 0 saturated carbocycles. The lowest BCUT2D eigenvalue weighted by atomic mass is 10.3. The van der Waals surface area contributed by atoms with Crippen molar-refractivity contribution in [2.45, 2.75) is 9.79 Å². The maximum atomic E-state index is 12.7. The van der Waals surface area contributed by atoms with Crippen molar-refractivity contribution in [1.29, 1.82) is 0 Å². The highest BCUT2D eigenvalue weighted by molar-refractivity contribution is 7.91. The highest BCUT2D eigenvalue weighted by Gasteiger charge is 2.13. The maximum Gasteiger partial charge on any atom is 0.158 e. The molecule has 15 heavy (non-hydrogen) atoms. The molecule has 3 heteroatoms. The van der Waals surface area contributed by atoms with Crippen LogP contribution in [0.25, 0.3) is 0 Å². The lowest BCUT2D eigenvalue weighted by molar-refractivity contribution is 0.593. The van der Waals surface area contributed by atoms with Crippen molar-refractivity contribution in [2.24, 2.45) is 0 Å². The Labute approximate surface area is 90.7 Å². The Balaban J connectivity index is 2.29. The van der Waals surface area contributed by atoms with Crippen molar-refractivity contribution in [2.75, 3.05) is 0 Å². The van der Waals surface area contributed by atoms with Crippen LogP contribution in [0.5, 0.6) is 0 Å². The highest BCUT2D eigenvalue weighted by atomic mass is 32.2. The van der Waals surface area contributed by atoms with Gasteiger partial charge in [-0.05, 0) is 36.4 Å². The minimum atomic E-state index is -1.22. The SMILES string of the molecule is [O-][S+](c1ccccc1)c1ccc(F)cc1. The van der Waals surface area contributed by atoms with Crippen LogP contribution in [-0.4, -0.2) is 4.55 Å². The quantitative estimate of drug-likeness (QED) is 0.713. The van der Waals surface area contributed by atoms with Gasteiger partial charge in [0.2, 0.25) is 0 Å². The molecule has 0 radical (unpaired) electrons. The molecular weight excluding hydrogens is 211 g/mol. The second kappa shape index (κ2) is 4.47. The Kier molecular flexibility index (Phi) is 3.04. The molecular formula is C12H9FOS. The minimum Gasteiger partial charge on any atom is -0.606 e. The van der Waals surface area contributed by atoms with E-state index in [0.717, 1.165) is 4.90 Å². The van der Waals surface area contributed by atoms with Crippen molar-refractivity contribution < 1.29 is 8.94 Å². The first-order valence-electron chi connectivity index (χ1n) is 4.50. The molecule has 76 valence electrons. The van der Waals surface area contributed by atoms with Gasteiger partial charge < -0.3 is 4.55 Å². The first kappa shape index (κ1) is 10.2. The summed E-state index contributed by atoms with van der Waals surface area (Å²) in [5, 5.41) is 0. The fraction of sp³-hybridized carbons (Fsp3) is 0. The van der Waals surface area contributed by atoms with Gasteiger partial charge in [-0.1, -0.05) is 18.2 Å². The van der Waals surface area contributed by atoms with E-state index in [0.29, 0.717) is 4.90 Å². The molecule has 2 aromatic carbocycles. The maximum absolute atomic E-state index is 12.7. The summed E-state index contributed by atoms with van der Waals surface area (Å²) in [5.41, 5.74) is 0. The molecule has 0 spiro atoms. The largest absolute Gasteiger partial charge is 0.606 e. The molecule has 0 amide bonds. The Morgan fingerprint density at radius 1 is 0.800 bits per heavy atom. The molecule has 1 unspecified atom stereocenters. The van der Waals surface area contributed by atoms with E-state index in [2.05, 4.69) is 0 Å². The molecule has 0 heterocycles. The van der Waals surface area contributed by atoms with E-state index in [4.69, 9.17) is 0 Å². The van der Waals surface area contributed by atoms with E-state index in [1.54, 1.807) is 24.3 Å². The summed E-state index contributed by atoms with van der Waals surface area (Å²) < 4.78 is 24.6. The molecule has 0 N–H and O–H groups in total. The number of hydrogen-bond acceptors (Lipinski definition) is 1. The Morgan fingerprint density at radius 3 is 1.93 bits per heavy atom. The van der Waals surface area contributed by atoms with Gasteiger partial charge in [0.1, 0.15) is 5.82 Å². The Hall–Kier alpha value is -1.32. The molecule has 0 aromatic heterocycles. The predicted molar refractivity (Wildman–Crippen MR) is 57.5 cm³/mol. The van der Waals surface area contributed by atoms with E-state index in [-0.39, 0.29) is 5.82 Å². The van der Waals surface area contributed by atoms with Crippen LogP contribution in [0.1, 0.15) is 0 Å². The third-order valence-corrected chi connectivity index (χ3v) is 3.39. The summed E-state index contributed by atoms with van der Waals surface area (Å²) in [5.74, 6) is -0.316. The van der Waals surface area contributed by atoms with Gasteiger partial charge in [0, 0.05) is 11.2 Å². The summed E-state index contributed by atoms with van der Waals surface area (Å²) in [6.07, 6.45) is 0. The smallest absolute Gasteiger partial charge is 0.158 e. The summed E-state index contributed by atoms with van der Waals surface area (Å²) in [6, 6.07) is 14.8. The normalized spacial score (nSPS) is 12.4. The van der Waals surface area contributed by atoms with E-state index >= 15 is 0 Å². The number of hydrogen-bond donors (Lipinski definition) is 0. The first-order chi connectivity index (χ1) is 7.27. The number of rotatable bonds is 2. The third-order valence-electron chi connectivity index (χ3n) is 1.98. The molecule has 1 nitrogen and oxygen atoms in total. The summed E-state index contributed by atoms with van der Waals surface area (Å²) in [7, 11) is 0. The van der Waals surface area contributed by atoms with E-state index in [9.17, 15) is 8.94 Å². The predicted octanol–water partition coefficient (Wildman–Crippen LogP) is 2.99. The van der Waals surface area contributed by atoms with Gasteiger partial charge >= 0.3 is 0 Å². The molecule has 0 aliphatic rings. The topological polar surface area (TPSA) is 23.1 Å². The number of halogens is 1. The minimum absolute atomic E-state index is 0.316. The molecule has 1 atom stereocenters. The molecule has 2 rings (SSSR count). The number of benzene rings is 2. The molecule has 0 bridgehead atoms. The second-order valence-electron chi connectivity index (χ2n) is 3.04. The van der Waals surface area contributed by atoms with Crippen LogP contribution in [0, 0.1) is 5.82 Å². The van der Waals surface area contributed by atoms with E-state index < -0.39 is 11.2 Å². The van der Waals surface area contributed by atoms with Gasteiger partial charge in [0.25, 0.3) is 0 Å². The molecule has 0 fully saturated rings. The standard InChI is InChI=1S/C12H9FOS/c13-10-6-8-12(9-7-10)15(14)11-4-2-1-3-5-11/h1-9H. The Morgan fingerprint density at radius 2 is 1.33 bits per heavy atom. The zero-order valence-corrected chi connectivity index (χ0v) is 8.71. The average molecular weight is 220 g/mol. The van der Waals surface area contributed by atoms with Crippen LogP contribution in [0.2, 0.25) is 0 Å². The summed E-state index contributed by atoms with van der Waals surface area (Å²) in [6.45, 7) is 0. The zero-order chi connectivity index (χ0) is 10.7. The average Bonchev–Trinajstić information content (AvgIpc) is 2.30. The zero-order valence-electron chi connectivity index (χ0n) is 7.89. The lowest BCUT2D eigenvalue weighted by Crippen LogP contribution is -2.01. The third kappa shape index (κ3) is 2.37. The summed E-state index contributed by atoms with van der Waals surface area (Å²) >= 11 is -1.22. The van der Waals surface area contributed by atoms with Gasteiger partial charge in [0.05, 0.1) is 0 Å². The van der Waals surface area contributed by atoms with Crippen LogP contribution < -0.4 is 0 Å². The second-order valence-corrected chi connectivity index (χ2v) is 4.52. The summed E-state index contributed by atoms with van der Waals surface area (Å²) in [4.78, 5) is 1.34. The monoisotopic (exact) mass is 220 g/mol. The van der Waals surface area contributed by atoms with Crippen molar-refractivity contribution in [1.82, 2.24) is 0 Å². The molecule has 0 aliphatic carbocycles. The van der Waals surface area contributed by atoms with E-state index in [1.807, 2.05) is 18.2 Å². The lowest BCUT2D eigenvalue weighted by Gasteiger charge is -2.08. The molecule has 0 saturated heterocycles. The van der Waals surface area contributed by atoms with Crippen molar-refractivity contribution in [3.8, 4) is 0 Å². The van der Waals surface area contributed by atoms with Gasteiger partial charge in [-0.2, -0.15) is 0 Å². The molecule has 2 aromatic rings. The fourth-order valence-electron chi connectivity index (χ4n) is 1.24. The van der Waals surface area contributed by atoms with Gasteiger partial charge in [-0.25, -0.2) is 4.39 Å². The van der Waals surface area contributed by atoms with E-state index in [1.165, 1.54) is 12.1 Å².